The van der Waals surface area contributed by atoms with Crippen molar-refractivity contribution < 1.29 is 13.3 Å². The van der Waals surface area contributed by atoms with Gasteiger partial charge in [0.15, 0.2) is 0 Å². The quantitative estimate of drug-likeness (QED) is 0.567. The van der Waals surface area contributed by atoms with Crippen molar-refractivity contribution in [3.63, 3.8) is 0 Å². The molecule has 1 N–H and O–H groups in total. The molecule has 0 saturated carbocycles. The molecule has 0 bridgehead atoms. The van der Waals surface area contributed by atoms with Gasteiger partial charge in [0.2, 0.25) is 0 Å². The van der Waals surface area contributed by atoms with Crippen LogP contribution in [0.15, 0.2) is 0 Å². The van der Waals surface area contributed by atoms with Crippen molar-refractivity contribution >= 4 is 10.2 Å². The van der Waals surface area contributed by atoms with Gasteiger partial charge in [-0.25, -0.2) is 0 Å². The Kier molecular flexibility index (Phi) is 3.80. The summed E-state index contributed by atoms with van der Waals surface area (Å²) in [6.07, 6.45) is 0. The van der Waals surface area contributed by atoms with Gasteiger partial charge in [0.25, 0.3) is 0 Å². The van der Waals surface area contributed by atoms with E-state index in [-0.39, 0.29) is 0 Å². The van der Waals surface area contributed by atoms with Crippen LogP contribution in [0, 0.1) is 0 Å². The second-order valence-electron chi connectivity index (χ2n) is 1.80. The lowest BCUT2D eigenvalue weighted by molar-refractivity contribution is 0.101. The lowest BCUT2D eigenvalue weighted by Crippen LogP contribution is -2.35. The van der Waals surface area contributed by atoms with Crippen LogP contribution in [0.5, 0.6) is 0 Å². The average molecular weight is 168 g/mol. The third-order valence-corrected chi connectivity index (χ3v) is 2.08. The summed E-state index contributed by atoms with van der Waals surface area (Å²) in [5.41, 5.74) is 0. The first-order valence-electron chi connectivity index (χ1n) is 2.81. The Morgan fingerprint density at radius 1 is 1.50 bits per heavy atom. The van der Waals surface area contributed by atoms with Crippen molar-refractivity contribution in [1.82, 2.24) is 9.19 Å². The second-order valence-corrected chi connectivity index (χ2v) is 3.65. The van der Waals surface area contributed by atoms with Crippen molar-refractivity contribution in [3.05, 3.63) is 0 Å². The van der Waals surface area contributed by atoms with E-state index in [1.807, 2.05) is 4.89 Å². The molecule has 0 aromatic carbocycles. The first kappa shape index (κ1) is 9.83. The van der Waals surface area contributed by atoms with Crippen molar-refractivity contribution in [2.45, 2.75) is 6.92 Å². The molecule has 5 nitrogen and oxygen atoms in total. The van der Waals surface area contributed by atoms with E-state index < -0.39 is 10.2 Å². The molecule has 0 atom stereocenters. The van der Waals surface area contributed by atoms with Crippen molar-refractivity contribution in [2.24, 2.45) is 0 Å². The molecule has 0 saturated heterocycles. The first-order chi connectivity index (χ1) is 4.50. The van der Waals surface area contributed by atoms with Gasteiger partial charge in [-0.3, -0.25) is 4.84 Å². The Balaban J connectivity index is 3.90. The minimum Gasteiger partial charge on any atom is -0.286 e. The summed E-state index contributed by atoms with van der Waals surface area (Å²) in [5, 5.41) is 0. The topological polar surface area (TPSA) is 58.6 Å². The van der Waals surface area contributed by atoms with Gasteiger partial charge in [-0.2, -0.15) is 12.7 Å². The molecule has 0 aromatic rings. The zero-order chi connectivity index (χ0) is 8.20. The molecule has 0 aromatic heterocycles. The first-order valence-corrected chi connectivity index (χ1v) is 4.25. The second kappa shape index (κ2) is 3.87. The predicted molar refractivity (Wildman–Crippen MR) is 37.4 cm³/mol. The largest absolute Gasteiger partial charge is 0.301 e. The van der Waals surface area contributed by atoms with E-state index in [9.17, 15) is 8.42 Å². The minimum atomic E-state index is -3.40. The number of hydrogen-bond donors (Lipinski definition) is 1. The maximum Gasteiger partial charge on any atom is 0.301 e. The maximum absolute atomic E-state index is 10.8. The third kappa shape index (κ3) is 3.11. The van der Waals surface area contributed by atoms with Crippen LogP contribution < -0.4 is 4.89 Å². The fourth-order valence-electron chi connectivity index (χ4n) is 0.208. The smallest absolute Gasteiger partial charge is 0.286 e. The van der Waals surface area contributed by atoms with E-state index in [2.05, 4.69) is 4.84 Å². The zero-order valence-corrected chi connectivity index (χ0v) is 7.10. The van der Waals surface area contributed by atoms with E-state index in [1.54, 1.807) is 6.92 Å². The molecular weight excluding hydrogens is 156 g/mol. The predicted octanol–water partition coefficient (Wildman–Crippen LogP) is -0.666. The fraction of sp³-hybridized carbons (Fsp3) is 1.00. The highest BCUT2D eigenvalue weighted by atomic mass is 32.2. The highest BCUT2D eigenvalue weighted by molar-refractivity contribution is 7.86. The molecule has 62 valence electrons. The lowest BCUT2D eigenvalue weighted by Gasteiger charge is -2.10. The molecule has 0 spiro atoms. The number of nitrogens with zero attached hydrogens (tertiary/aromatic N) is 1. The van der Waals surface area contributed by atoms with E-state index in [1.165, 1.54) is 14.1 Å². The molecule has 0 aliphatic rings. The Bertz CT molecular complexity index is 175. The van der Waals surface area contributed by atoms with Gasteiger partial charge in [-0.1, -0.05) is 4.89 Å². The standard InChI is InChI=1S/C4H12N2O3S/c1-4-9-5-10(7,8)6(2)3/h5H,4H2,1-3H3. The van der Waals surface area contributed by atoms with Crippen LogP contribution in [-0.2, 0) is 15.0 Å². The summed E-state index contributed by atoms with van der Waals surface area (Å²) in [6, 6.07) is 0. The molecule has 0 heterocycles. The lowest BCUT2D eigenvalue weighted by atomic mass is 10.9. The van der Waals surface area contributed by atoms with Gasteiger partial charge in [0, 0.05) is 14.1 Å². The number of nitrogens with one attached hydrogen (secondary N) is 1. The van der Waals surface area contributed by atoms with Crippen LogP contribution in [0.1, 0.15) is 6.92 Å². The molecule has 0 unspecified atom stereocenters. The van der Waals surface area contributed by atoms with Gasteiger partial charge in [0.1, 0.15) is 0 Å². The summed E-state index contributed by atoms with van der Waals surface area (Å²) >= 11 is 0. The molecule has 0 radical (unpaired) electrons. The molecule has 6 heteroatoms. The normalized spacial score (nSPS) is 12.4. The van der Waals surface area contributed by atoms with Crippen LogP contribution in [0.25, 0.3) is 0 Å². The van der Waals surface area contributed by atoms with Gasteiger partial charge in [0.05, 0.1) is 6.61 Å². The molecule has 0 fully saturated rings. The number of hydrogen-bond acceptors (Lipinski definition) is 3. The summed E-state index contributed by atoms with van der Waals surface area (Å²) in [7, 11) is -0.563. The highest BCUT2D eigenvalue weighted by Crippen LogP contribution is 1.86. The monoisotopic (exact) mass is 168 g/mol. The van der Waals surface area contributed by atoms with Crippen LogP contribution in [-0.4, -0.2) is 33.4 Å². The van der Waals surface area contributed by atoms with Gasteiger partial charge in [-0.15, -0.1) is 0 Å². The van der Waals surface area contributed by atoms with E-state index in [0.29, 0.717) is 6.61 Å². The molecule has 0 aliphatic heterocycles. The fourth-order valence-corrected chi connectivity index (χ4v) is 0.624. The van der Waals surface area contributed by atoms with Crippen molar-refractivity contribution in [2.75, 3.05) is 20.7 Å². The highest BCUT2D eigenvalue weighted by Gasteiger charge is 2.11. The van der Waals surface area contributed by atoms with Crippen LogP contribution in [0.4, 0.5) is 0 Å². The Labute approximate surface area is 61.1 Å². The molecule has 0 amide bonds. The maximum atomic E-state index is 10.8. The van der Waals surface area contributed by atoms with Gasteiger partial charge in [-0.05, 0) is 6.92 Å². The molecule has 0 rings (SSSR count). The van der Waals surface area contributed by atoms with Crippen LogP contribution in [0.2, 0.25) is 0 Å². The average Bonchev–Trinajstić information content (AvgIpc) is 1.84. The summed E-state index contributed by atoms with van der Waals surface area (Å²) in [4.78, 5) is 6.39. The summed E-state index contributed by atoms with van der Waals surface area (Å²) in [5.74, 6) is 0. The van der Waals surface area contributed by atoms with Crippen LogP contribution in [0.3, 0.4) is 0 Å². The molecule has 10 heavy (non-hydrogen) atoms. The van der Waals surface area contributed by atoms with Crippen molar-refractivity contribution in [3.8, 4) is 0 Å². The minimum absolute atomic E-state index is 0.313. The van der Waals surface area contributed by atoms with Gasteiger partial charge < -0.3 is 0 Å². The Morgan fingerprint density at radius 2 is 2.00 bits per heavy atom. The van der Waals surface area contributed by atoms with E-state index >= 15 is 0 Å². The summed E-state index contributed by atoms with van der Waals surface area (Å²) < 4.78 is 22.6. The Morgan fingerprint density at radius 3 is 2.30 bits per heavy atom. The zero-order valence-electron chi connectivity index (χ0n) is 6.29. The third-order valence-electron chi connectivity index (χ3n) is 0.789. The number of rotatable bonds is 4. The van der Waals surface area contributed by atoms with Crippen LogP contribution >= 0.6 is 0 Å². The van der Waals surface area contributed by atoms with E-state index in [4.69, 9.17) is 0 Å². The molecular formula is C4H12N2O3S. The SMILES string of the molecule is CCONS(=O)(=O)N(C)C. The Hall–Kier alpha value is -0.170. The molecule has 0 aliphatic carbocycles. The van der Waals surface area contributed by atoms with Gasteiger partial charge >= 0.3 is 10.2 Å². The summed E-state index contributed by atoms with van der Waals surface area (Å²) in [6.45, 7) is 2.01. The van der Waals surface area contributed by atoms with Crippen molar-refractivity contribution in [1.29, 1.82) is 0 Å². The van der Waals surface area contributed by atoms with E-state index in [0.717, 1.165) is 4.31 Å².